The number of halogens is 1. The lowest BCUT2D eigenvalue weighted by molar-refractivity contribution is -0.117. The second-order valence-corrected chi connectivity index (χ2v) is 6.78. The van der Waals surface area contributed by atoms with Crippen LogP contribution in [0.5, 0.6) is 0 Å². The minimum atomic E-state index is -0.0160. The number of carbonyl (C=O) groups is 1. The van der Waals surface area contributed by atoms with Crippen LogP contribution in [0, 0.1) is 5.92 Å². The van der Waals surface area contributed by atoms with Crippen molar-refractivity contribution >= 4 is 29.3 Å². The molecule has 1 aromatic heterocycles. The van der Waals surface area contributed by atoms with Gasteiger partial charge in [0.15, 0.2) is 0 Å². The number of aromatic nitrogens is 2. The van der Waals surface area contributed by atoms with E-state index in [0.717, 1.165) is 6.42 Å². The number of nitrogen functional groups attached to an aromatic ring is 1. The number of nitrogens with one attached hydrogen (secondary N) is 1. The summed E-state index contributed by atoms with van der Waals surface area (Å²) in [5.74, 6) is 1.03. The third-order valence-corrected chi connectivity index (χ3v) is 5.03. The summed E-state index contributed by atoms with van der Waals surface area (Å²) in [6.07, 6.45) is 1.34. The largest absolute Gasteiger partial charge is 0.380 e. The highest BCUT2D eigenvalue weighted by Gasteiger charge is 2.37. The molecule has 4 unspecified atom stereocenters. The molecule has 0 spiro atoms. The molecule has 0 radical (unpaired) electrons. The van der Waals surface area contributed by atoms with Crippen molar-refractivity contribution in [3.05, 3.63) is 10.7 Å². The van der Waals surface area contributed by atoms with Crippen LogP contribution in [0.1, 0.15) is 25.8 Å². The molecule has 4 atom stereocenters. The maximum atomic E-state index is 12.4. The molecule has 126 valence electrons. The van der Waals surface area contributed by atoms with Crippen LogP contribution < -0.4 is 16.0 Å². The molecule has 8 heteroatoms. The van der Waals surface area contributed by atoms with Gasteiger partial charge in [0.1, 0.15) is 11.0 Å². The van der Waals surface area contributed by atoms with Crippen LogP contribution in [-0.2, 0) is 16.0 Å². The fourth-order valence-electron chi connectivity index (χ4n) is 3.78. The Morgan fingerprint density at radius 2 is 2.17 bits per heavy atom. The van der Waals surface area contributed by atoms with Crippen molar-refractivity contribution in [1.82, 2.24) is 15.3 Å². The van der Waals surface area contributed by atoms with E-state index in [1.807, 2.05) is 0 Å². The van der Waals surface area contributed by atoms with Gasteiger partial charge in [-0.05, 0) is 19.3 Å². The first kappa shape index (κ1) is 16.4. The van der Waals surface area contributed by atoms with Gasteiger partial charge in [-0.15, -0.1) is 0 Å². The van der Waals surface area contributed by atoms with E-state index in [2.05, 4.69) is 29.1 Å². The van der Waals surface area contributed by atoms with E-state index in [1.54, 1.807) is 12.0 Å². The zero-order chi connectivity index (χ0) is 16.7. The Hall–Kier alpha value is -1.44. The van der Waals surface area contributed by atoms with Crippen LogP contribution in [0.15, 0.2) is 0 Å². The molecule has 0 aromatic carbocycles. The van der Waals surface area contributed by atoms with Crippen molar-refractivity contribution in [1.29, 1.82) is 0 Å². The molecule has 1 saturated heterocycles. The highest BCUT2D eigenvalue weighted by molar-refractivity contribution is 6.31. The third-order valence-electron chi connectivity index (χ3n) is 4.72. The summed E-state index contributed by atoms with van der Waals surface area (Å²) in [6, 6.07) is 0.404. The number of hydrogen-bond acceptors (Lipinski definition) is 6. The van der Waals surface area contributed by atoms with Gasteiger partial charge in [-0.25, -0.2) is 4.98 Å². The average Bonchev–Trinajstić information content (AvgIpc) is 2.76. The van der Waals surface area contributed by atoms with Crippen molar-refractivity contribution in [2.45, 2.75) is 44.9 Å². The normalized spacial score (nSPS) is 30.6. The van der Waals surface area contributed by atoms with Crippen LogP contribution >= 0.6 is 11.6 Å². The number of ether oxygens (including phenoxy) is 1. The Balaban J connectivity index is 1.78. The first-order valence-corrected chi connectivity index (χ1v) is 8.19. The Labute approximate surface area is 140 Å². The summed E-state index contributed by atoms with van der Waals surface area (Å²) >= 11 is 6.09. The Morgan fingerprint density at radius 3 is 2.83 bits per heavy atom. The Morgan fingerprint density at radius 1 is 1.43 bits per heavy atom. The minimum Gasteiger partial charge on any atom is -0.380 e. The van der Waals surface area contributed by atoms with Crippen molar-refractivity contribution in [2.24, 2.45) is 5.92 Å². The van der Waals surface area contributed by atoms with Gasteiger partial charge in [0, 0.05) is 31.3 Å². The number of methoxy groups -OCH3 is 1. The molecule has 1 aromatic rings. The third kappa shape index (κ3) is 3.00. The van der Waals surface area contributed by atoms with Gasteiger partial charge in [0.2, 0.25) is 11.9 Å². The molecule has 0 aliphatic carbocycles. The van der Waals surface area contributed by atoms with E-state index < -0.39 is 0 Å². The molecule has 2 aliphatic heterocycles. The van der Waals surface area contributed by atoms with Gasteiger partial charge in [-0.3, -0.25) is 9.69 Å². The summed E-state index contributed by atoms with van der Waals surface area (Å²) in [4.78, 5) is 22.2. The summed E-state index contributed by atoms with van der Waals surface area (Å²) in [7, 11) is 1.74. The highest BCUT2D eigenvalue weighted by atomic mass is 35.5. The molecule has 1 amide bonds. The molecule has 2 aliphatic rings. The molecule has 3 heterocycles. The van der Waals surface area contributed by atoms with Gasteiger partial charge in [-0.1, -0.05) is 18.5 Å². The van der Waals surface area contributed by atoms with E-state index in [-0.39, 0.29) is 41.6 Å². The molecule has 1 fully saturated rings. The van der Waals surface area contributed by atoms with Gasteiger partial charge >= 0.3 is 0 Å². The number of anilines is 2. The van der Waals surface area contributed by atoms with Crippen LogP contribution in [0.3, 0.4) is 0 Å². The SMILES string of the molecule is COC1C(C)CC(CN2C(=O)Cc3c(Cl)nc(N)nc32)NC1C. The summed E-state index contributed by atoms with van der Waals surface area (Å²) in [5.41, 5.74) is 6.34. The number of piperidine rings is 1. The topological polar surface area (TPSA) is 93.4 Å². The van der Waals surface area contributed by atoms with Crippen LogP contribution in [0.2, 0.25) is 5.15 Å². The zero-order valence-electron chi connectivity index (χ0n) is 13.5. The van der Waals surface area contributed by atoms with E-state index >= 15 is 0 Å². The molecule has 0 bridgehead atoms. The van der Waals surface area contributed by atoms with E-state index in [9.17, 15) is 4.79 Å². The van der Waals surface area contributed by atoms with Crippen molar-refractivity contribution in [3.63, 3.8) is 0 Å². The number of hydrogen-bond donors (Lipinski definition) is 2. The predicted molar refractivity (Wildman–Crippen MR) is 88.5 cm³/mol. The van der Waals surface area contributed by atoms with Crippen LogP contribution in [0.4, 0.5) is 11.8 Å². The molecule has 3 N–H and O–H groups in total. The summed E-state index contributed by atoms with van der Waals surface area (Å²) in [5, 5.41) is 3.79. The lowest BCUT2D eigenvalue weighted by Crippen LogP contribution is -2.56. The lowest BCUT2D eigenvalue weighted by Gasteiger charge is -2.40. The first-order valence-electron chi connectivity index (χ1n) is 7.81. The van der Waals surface area contributed by atoms with Gasteiger partial charge in [0.05, 0.1) is 12.5 Å². The van der Waals surface area contributed by atoms with Crippen molar-refractivity contribution in [3.8, 4) is 0 Å². The number of amides is 1. The number of rotatable bonds is 3. The molecule has 0 saturated carbocycles. The lowest BCUT2D eigenvalue weighted by atomic mass is 9.87. The molecule has 23 heavy (non-hydrogen) atoms. The van der Waals surface area contributed by atoms with Crippen molar-refractivity contribution < 1.29 is 9.53 Å². The predicted octanol–water partition coefficient (Wildman–Crippen LogP) is 1.00. The molecule has 7 nitrogen and oxygen atoms in total. The Bertz CT molecular complexity index is 614. The van der Waals surface area contributed by atoms with Crippen LogP contribution in [0.25, 0.3) is 0 Å². The molecular formula is C15H22ClN5O2. The maximum Gasteiger partial charge on any atom is 0.232 e. The standard InChI is InChI=1S/C15H22ClN5O2/c1-7-4-9(18-8(2)12(7)23-3)6-21-11(22)5-10-13(16)19-15(17)20-14(10)21/h7-9,12,18H,4-6H2,1-3H3,(H2,17,19,20). The van der Waals surface area contributed by atoms with Gasteiger partial charge in [-0.2, -0.15) is 4.98 Å². The van der Waals surface area contributed by atoms with E-state index in [1.165, 1.54) is 0 Å². The first-order chi connectivity index (χ1) is 10.9. The smallest absolute Gasteiger partial charge is 0.232 e. The number of fused-ring (bicyclic) bond motifs is 1. The second-order valence-electron chi connectivity index (χ2n) is 6.42. The molecule has 3 rings (SSSR count). The zero-order valence-corrected chi connectivity index (χ0v) is 14.3. The van der Waals surface area contributed by atoms with Gasteiger partial charge in [0.25, 0.3) is 0 Å². The summed E-state index contributed by atoms with van der Waals surface area (Å²) in [6.45, 7) is 4.83. The number of nitrogens with two attached hydrogens (primary N) is 1. The molecular weight excluding hydrogens is 318 g/mol. The fraction of sp³-hybridized carbons (Fsp3) is 0.667. The fourth-order valence-corrected chi connectivity index (χ4v) is 4.02. The minimum absolute atomic E-state index is 0.0160. The average molecular weight is 340 g/mol. The second kappa shape index (κ2) is 6.22. The number of carbonyl (C=O) groups excluding carboxylic acids is 1. The monoisotopic (exact) mass is 339 g/mol. The van der Waals surface area contributed by atoms with Crippen molar-refractivity contribution in [2.75, 3.05) is 24.3 Å². The van der Waals surface area contributed by atoms with E-state index in [4.69, 9.17) is 22.1 Å². The quantitative estimate of drug-likeness (QED) is 0.798. The maximum absolute atomic E-state index is 12.4. The highest BCUT2D eigenvalue weighted by Crippen LogP contribution is 2.33. The summed E-state index contributed by atoms with van der Waals surface area (Å²) < 4.78 is 5.55. The Kier molecular flexibility index (Phi) is 4.44. The van der Waals surface area contributed by atoms with Crippen LogP contribution in [-0.4, -0.2) is 47.7 Å². The van der Waals surface area contributed by atoms with E-state index in [0.29, 0.717) is 23.8 Å². The number of nitrogens with zero attached hydrogens (tertiary/aromatic N) is 3. The van der Waals surface area contributed by atoms with Gasteiger partial charge < -0.3 is 15.8 Å².